The normalized spacial score (nSPS) is 11.8. The van der Waals surface area contributed by atoms with Gasteiger partial charge in [0.2, 0.25) is 5.88 Å². The molecule has 0 spiro atoms. The highest BCUT2D eigenvalue weighted by atomic mass is 16.5. The Morgan fingerprint density at radius 2 is 1.88 bits per heavy atom. The molecule has 0 bridgehead atoms. The number of hydrogen-bond acceptors (Lipinski definition) is 4. The molecule has 1 aromatic carbocycles. The van der Waals surface area contributed by atoms with Crippen molar-refractivity contribution in [3.8, 4) is 5.88 Å². The topological polar surface area (TPSA) is 88.5 Å². The van der Waals surface area contributed by atoms with E-state index >= 15 is 0 Å². The third-order valence-corrected chi connectivity index (χ3v) is 3.45. The number of carbonyl (C=O) groups is 2. The van der Waals surface area contributed by atoms with Gasteiger partial charge in [-0.15, -0.1) is 0 Å². The maximum atomic E-state index is 12.1. The summed E-state index contributed by atoms with van der Waals surface area (Å²) in [6, 6.07) is 11.9. The van der Waals surface area contributed by atoms with Crippen LogP contribution in [0.2, 0.25) is 0 Å². The van der Waals surface area contributed by atoms with E-state index in [2.05, 4.69) is 10.3 Å². The summed E-state index contributed by atoms with van der Waals surface area (Å²) < 4.78 is 5.55. The van der Waals surface area contributed by atoms with Gasteiger partial charge in [0.1, 0.15) is 12.6 Å². The predicted octanol–water partition coefficient (Wildman–Crippen LogP) is 2.50. The van der Waals surface area contributed by atoms with Crippen molar-refractivity contribution >= 4 is 11.9 Å². The first-order valence-electron chi connectivity index (χ1n) is 7.64. The Bertz CT molecular complexity index is 684. The van der Waals surface area contributed by atoms with Crippen molar-refractivity contribution in [3.05, 3.63) is 59.8 Å². The summed E-state index contributed by atoms with van der Waals surface area (Å²) in [4.78, 5) is 27.3. The quantitative estimate of drug-likeness (QED) is 0.815. The molecule has 0 aliphatic heterocycles. The van der Waals surface area contributed by atoms with E-state index < -0.39 is 17.9 Å². The molecule has 1 heterocycles. The van der Waals surface area contributed by atoms with Crippen LogP contribution in [0.15, 0.2) is 48.7 Å². The number of aromatic nitrogens is 1. The number of aliphatic carboxylic acids is 1. The number of carbonyl (C=O) groups excluding carboxylic acids is 1. The van der Waals surface area contributed by atoms with E-state index in [9.17, 15) is 9.59 Å². The number of rotatable bonds is 7. The van der Waals surface area contributed by atoms with Gasteiger partial charge in [0.25, 0.3) is 5.91 Å². The lowest BCUT2D eigenvalue weighted by atomic mass is 10.0. The highest BCUT2D eigenvalue weighted by molar-refractivity contribution is 5.96. The highest BCUT2D eigenvalue weighted by Crippen LogP contribution is 2.11. The van der Waals surface area contributed by atoms with E-state index in [1.54, 1.807) is 26.0 Å². The molecular formula is C18H20N2O4. The molecule has 6 heteroatoms. The van der Waals surface area contributed by atoms with Crippen LogP contribution in [0, 0.1) is 5.92 Å². The fraction of sp³-hybridized carbons (Fsp3) is 0.278. The van der Waals surface area contributed by atoms with Crippen LogP contribution in [-0.4, -0.2) is 28.0 Å². The standard InChI is InChI=1S/C18H20N2O4/c1-12(2)16(18(22)23)20-17(21)14-8-9-15(19-10-14)24-11-13-6-4-3-5-7-13/h3-10,12,16H,11H2,1-2H3,(H,20,21)(H,22,23). The zero-order chi connectivity index (χ0) is 17.5. The number of nitrogens with one attached hydrogen (secondary N) is 1. The number of benzene rings is 1. The van der Waals surface area contributed by atoms with Crippen molar-refractivity contribution in [2.24, 2.45) is 5.92 Å². The van der Waals surface area contributed by atoms with Gasteiger partial charge in [-0.2, -0.15) is 0 Å². The minimum atomic E-state index is -1.06. The van der Waals surface area contributed by atoms with E-state index in [4.69, 9.17) is 9.84 Å². The Hall–Kier alpha value is -2.89. The first kappa shape index (κ1) is 17.5. The summed E-state index contributed by atoms with van der Waals surface area (Å²) in [5, 5.41) is 11.6. The molecule has 0 saturated carbocycles. The van der Waals surface area contributed by atoms with Crippen LogP contribution in [0.25, 0.3) is 0 Å². The highest BCUT2D eigenvalue weighted by Gasteiger charge is 2.24. The monoisotopic (exact) mass is 328 g/mol. The fourth-order valence-electron chi connectivity index (χ4n) is 2.07. The molecule has 1 amide bonds. The van der Waals surface area contributed by atoms with Crippen LogP contribution < -0.4 is 10.1 Å². The molecule has 126 valence electrons. The van der Waals surface area contributed by atoms with Crippen LogP contribution >= 0.6 is 0 Å². The molecule has 2 rings (SSSR count). The maximum absolute atomic E-state index is 12.1. The fourth-order valence-corrected chi connectivity index (χ4v) is 2.07. The predicted molar refractivity (Wildman–Crippen MR) is 88.7 cm³/mol. The number of nitrogens with zero attached hydrogens (tertiary/aromatic N) is 1. The molecule has 0 aliphatic carbocycles. The number of hydrogen-bond donors (Lipinski definition) is 2. The second-order valence-corrected chi connectivity index (χ2v) is 5.69. The average molecular weight is 328 g/mol. The number of carboxylic acid groups (broad SMARTS) is 1. The van der Waals surface area contributed by atoms with Crippen molar-refractivity contribution in [1.29, 1.82) is 0 Å². The molecule has 0 fully saturated rings. The average Bonchev–Trinajstić information content (AvgIpc) is 2.58. The largest absolute Gasteiger partial charge is 0.480 e. The van der Waals surface area contributed by atoms with Crippen molar-refractivity contribution in [3.63, 3.8) is 0 Å². The lowest BCUT2D eigenvalue weighted by molar-refractivity contribution is -0.140. The Morgan fingerprint density at radius 3 is 2.42 bits per heavy atom. The van der Waals surface area contributed by atoms with Crippen molar-refractivity contribution in [2.45, 2.75) is 26.5 Å². The third kappa shape index (κ3) is 4.81. The smallest absolute Gasteiger partial charge is 0.326 e. The molecule has 6 nitrogen and oxygen atoms in total. The molecule has 1 unspecified atom stereocenters. The first-order chi connectivity index (χ1) is 11.5. The summed E-state index contributed by atoms with van der Waals surface area (Å²) in [7, 11) is 0. The van der Waals surface area contributed by atoms with Gasteiger partial charge in [0, 0.05) is 12.3 Å². The Kier molecular flexibility index (Phi) is 5.89. The number of ether oxygens (including phenoxy) is 1. The minimum absolute atomic E-state index is 0.215. The number of amides is 1. The van der Waals surface area contributed by atoms with Gasteiger partial charge in [0.05, 0.1) is 5.56 Å². The number of carboxylic acids is 1. The van der Waals surface area contributed by atoms with Gasteiger partial charge in [-0.05, 0) is 17.5 Å². The van der Waals surface area contributed by atoms with Gasteiger partial charge < -0.3 is 15.2 Å². The molecule has 1 aromatic heterocycles. The molecular weight excluding hydrogens is 308 g/mol. The van der Waals surface area contributed by atoms with Gasteiger partial charge in [0.15, 0.2) is 0 Å². The number of pyridine rings is 1. The minimum Gasteiger partial charge on any atom is -0.480 e. The maximum Gasteiger partial charge on any atom is 0.326 e. The van der Waals surface area contributed by atoms with Gasteiger partial charge in [-0.1, -0.05) is 44.2 Å². The summed E-state index contributed by atoms with van der Waals surface area (Å²) in [6.07, 6.45) is 1.37. The Labute approximate surface area is 140 Å². The zero-order valence-electron chi connectivity index (χ0n) is 13.6. The SMILES string of the molecule is CC(C)C(NC(=O)c1ccc(OCc2ccccc2)nc1)C(=O)O. The van der Waals surface area contributed by atoms with Crippen LogP contribution in [-0.2, 0) is 11.4 Å². The van der Waals surface area contributed by atoms with Crippen molar-refractivity contribution in [2.75, 3.05) is 0 Å². The molecule has 0 aliphatic rings. The van der Waals surface area contributed by atoms with Gasteiger partial charge >= 0.3 is 5.97 Å². The lowest BCUT2D eigenvalue weighted by Crippen LogP contribution is -2.44. The second-order valence-electron chi connectivity index (χ2n) is 5.69. The van der Waals surface area contributed by atoms with E-state index in [0.29, 0.717) is 12.5 Å². The summed E-state index contributed by atoms with van der Waals surface area (Å²) >= 11 is 0. The second kappa shape index (κ2) is 8.10. The van der Waals surface area contributed by atoms with Crippen LogP contribution in [0.4, 0.5) is 0 Å². The van der Waals surface area contributed by atoms with Crippen LogP contribution in [0.1, 0.15) is 29.8 Å². The van der Waals surface area contributed by atoms with Crippen molar-refractivity contribution < 1.29 is 19.4 Å². The summed E-state index contributed by atoms with van der Waals surface area (Å²) in [5.41, 5.74) is 1.30. The molecule has 2 aromatic rings. The van der Waals surface area contributed by atoms with Gasteiger partial charge in [-0.25, -0.2) is 9.78 Å². The van der Waals surface area contributed by atoms with E-state index in [1.165, 1.54) is 6.20 Å². The van der Waals surface area contributed by atoms with Crippen molar-refractivity contribution in [1.82, 2.24) is 10.3 Å². The molecule has 0 saturated heterocycles. The van der Waals surface area contributed by atoms with E-state index in [0.717, 1.165) is 5.56 Å². The van der Waals surface area contributed by atoms with E-state index in [-0.39, 0.29) is 11.5 Å². The first-order valence-corrected chi connectivity index (χ1v) is 7.64. The van der Waals surface area contributed by atoms with Crippen LogP contribution in [0.3, 0.4) is 0 Å². The summed E-state index contributed by atoms with van der Waals surface area (Å²) in [5.74, 6) is -1.35. The summed E-state index contributed by atoms with van der Waals surface area (Å²) in [6.45, 7) is 3.85. The third-order valence-electron chi connectivity index (χ3n) is 3.45. The van der Waals surface area contributed by atoms with E-state index in [1.807, 2.05) is 30.3 Å². The Morgan fingerprint density at radius 1 is 1.17 bits per heavy atom. The molecule has 2 N–H and O–H groups in total. The molecule has 1 atom stereocenters. The lowest BCUT2D eigenvalue weighted by Gasteiger charge is -2.17. The van der Waals surface area contributed by atoms with Gasteiger partial charge in [-0.3, -0.25) is 4.79 Å². The molecule has 24 heavy (non-hydrogen) atoms. The van der Waals surface area contributed by atoms with Crippen LogP contribution in [0.5, 0.6) is 5.88 Å². The zero-order valence-corrected chi connectivity index (χ0v) is 13.6. The Balaban J connectivity index is 1.95. The molecule has 0 radical (unpaired) electrons.